The molecule has 0 spiro atoms. The Morgan fingerprint density at radius 1 is 1.19 bits per heavy atom. The molecule has 0 unspecified atom stereocenters. The standard InChI is InChI=1S/C27H30F2N6O2/c1-15(2)33-27(37)16-5-6-20(28)19(10-16)25-21(29)12-22(31)26(34-25)24(36)11-17-13-32-8-7-23(17)35-9-3-4-18(30)14-35/h5-8,10,12-13,15,18H,3-4,9,11,14,30-31H2,1-2H3,(H,33,37)/t18-/m0/s1. The molecule has 1 amide bonds. The molecule has 194 valence electrons. The maximum atomic E-state index is 14.9. The molecule has 1 atom stereocenters. The molecular weight excluding hydrogens is 478 g/mol. The summed E-state index contributed by atoms with van der Waals surface area (Å²) in [6, 6.07) is 6.25. The summed E-state index contributed by atoms with van der Waals surface area (Å²) < 4.78 is 29.7. The number of aromatic nitrogens is 2. The first kappa shape index (κ1) is 26.2. The van der Waals surface area contributed by atoms with Crippen molar-refractivity contribution in [3.8, 4) is 11.3 Å². The number of Topliss-reactive ketones (excluding diaryl/α,β-unsaturated/α-hetero) is 1. The van der Waals surface area contributed by atoms with E-state index in [9.17, 15) is 18.4 Å². The van der Waals surface area contributed by atoms with Crippen LogP contribution in [0.15, 0.2) is 42.7 Å². The van der Waals surface area contributed by atoms with E-state index >= 15 is 0 Å². The molecule has 1 aromatic carbocycles. The van der Waals surface area contributed by atoms with Crippen LogP contribution < -0.4 is 21.7 Å². The fraction of sp³-hybridized carbons (Fsp3) is 0.333. The van der Waals surface area contributed by atoms with Crippen LogP contribution in [0, 0.1) is 11.6 Å². The number of rotatable bonds is 7. The number of carbonyl (C=O) groups is 2. The highest BCUT2D eigenvalue weighted by atomic mass is 19.1. The number of halogens is 2. The number of hydrogen-bond acceptors (Lipinski definition) is 7. The van der Waals surface area contributed by atoms with Gasteiger partial charge in [0.15, 0.2) is 11.6 Å². The molecule has 1 saturated heterocycles. The Labute approximate surface area is 214 Å². The zero-order chi connectivity index (χ0) is 26.7. The van der Waals surface area contributed by atoms with Crippen molar-refractivity contribution >= 4 is 23.1 Å². The van der Waals surface area contributed by atoms with E-state index in [1.165, 1.54) is 12.1 Å². The molecule has 1 fully saturated rings. The van der Waals surface area contributed by atoms with Gasteiger partial charge in [0.25, 0.3) is 5.91 Å². The van der Waals surface area contributed by atoms with Crippen molar-refractivity contribution in [3.63, 3.8) is 0 Å². The van der Waals surface area contributed by atoms with Crippen LogP contribution in [0.25, 0.3) is 11.3 Å². The summed E-state index contributed by atoms with van der Waals surface area (Å²) in [7, 11) is 0. The number of nitrogens with two attached hydrogens (primary N) is 2. The number of piperidine rings is 1. The van der Waals surface area contributed by atoms with E-state index in [0.29, 0.717) is 12.1 Å². The van der Waals surface area contributed by atoms with Gasteiger partial charge in [0.1, 0.15) is 17.2 Å². The molecule has 2 aromatic heterocycles. The number of carbonyl (C=O) groups excluding carboxylic acids is 2. The Morgan fingerprint density at radius 2 is 1.97 bits per heavy atom. The van der Waals surface area contributed by atoms with Gasteiger partial charge in [-0.1, -0.05) is 0 Å². The van der Waals surface area contributed by atoms with Crippen molar-refractivity contribution in [3.05, 3.63) is 71.2 Å². The van der Waals surface area contributed by atoms with E-state index in [-0.39, 0.29) is 41.0 Å². The van der Waals surface area contributed by atoms with Crippen molar-refractivity contribution in [2.75, 3.05) is 23.7 Å². The van der Waals surface area contributed by atoms with Crippen molar-refractivity contribution in [1.82, 2.24) is 15.3 Å². The van der Waals surface area contributed by atoms with Crippen molar-refractivity contribution < 1.29 is 18.4 Å². The minimum absolute atomic E-state index is 0.0377. The SMILES string of the molecule is CC(C)NC(=O)c1ccc(F)c(-c2nc(C(=O)Cc3cnccc3N3CCC[C@H](N)C3)c(N)cc2F)c1. The number of benzene rings is 1. The second kappa shape index (κ2) is 11.0. The molecule has 0 bridgehead atoms. The molecule has 1 aliphatic heterocycles. The second-order valence-electron chi connectivity index (χ2n) is 9.53. The normalized spacial score (nSPS) is 15.6. The molecule has 0 saturated carbocycles. The minimum Gasteiger partial charge on any atom is -0.397 e. The van der Waals surface area contributed by atoms with Gasteiger partial charge in [0.2, 0.25) is 0 Å². The van der Waals surface area contributed by atoms with E-state index in [1.807, 2.05) is 6.07 Å². The summed E-state index contributed by atoms with van der Waals surface area (Å²) in [6.45, 7) is 5.04. The van der Waals surface area contributed by atoms with E-state index in [1.54, 1.807) is 26.2 Å². The topological polar surface area (TPSA) is 127 Å². The monoisotopic (exact) mass is 508 g/mol. The number of nitrogen functional groups attached to an aromatic ring is 1. The Kier molecular flexibility index (Phi) is 7.77. The lowest BCUT2D eigenvalue weighted by Gasteiger charge is -2.33. The van der Waals surface area contributed by atoms with E-state index in [2.05, 4.69) is 20.2 Å². The third-order valence-corrected chi connectivity index (χ3v) is 6.20. The maximum Gasteiger partial charge on any atom is 0.251 e. The molecule has 37 heavy (non-hydrogen) atoms. The van der Waals surface area contributed by atoms with E-state index < -0.39 is 29.0 Å². The van der Waals surface area contributed by atoms with E-state index in [4.69, 9.17) is 11.5 Å². The predicted molar refractivity (Wildman–Crippen MR) is 138 cm³/mol. The quantitative estimate of drug-likeness (QED) is 0.417. The first-order chi connectivity index (χ1) is 17.6. The molecular formula is C27H30F2N6O2. The summed E-state index contributed by atoms with van der Waals surface area (Å²) in [5.74, 6) is -2.60. The molecule has 3 aromatic rings. The Balaban J connectivity index is 1.67. The number of amides is 1. The Hall–Kier alpha value is -3.92. The Bertz CT molecular complexity index is 1330. The zero-order valence-electron chi connectivity index (χ0n) is 20.8. The average molecular weight is 509 g/mol. The number of pyridine rings is 2. The van der Waals surface area contributed by atoms with Crippen molar-refractivity contribution in [2.24, 2.45) is 5.73 Å². The highest BCUT2D eigenvalue weighted by Crippen LogP contribution is 2.29. The lowest BCUT2D eigenvalue weighted by molar-refractivity contribution is 0.0941. The van der Waals surface area contributed by atoms with Crippen molar-refractivity contribution in [2.45, 2.75) is 45.2 Å². The smallest absolute Gasteiger partial charge is 0.251 e. The van der Waals surface area contributed by atoms with Crippen LogP contribution in [0.5, 0.6) is 0 Å². The number of hydrogen-bond donors (Lipinski definition) is 3. The van der Waals surface area contributed by atoms with Gasteiger partial charge in [-0.05, 0) is 51.0 Å². The van der Waals surface area contributed by atoms with Crippen LogP contribution >= 0.6 is 0 Å². The number of anilines is 2. The van der Waals surface area contributed by atoms with Gasteiger partial charge < -0.3 is 21.7 Å². The first-order valence-electron chi connectivity index (χ1n) is 12.2. The molecule has 3 heterocycles. The molecule has 4 rings (SSSR count). The minimum atomic E-state index is -0.904. The average Bonchev–Trinajstić information content (AvgIpc) is 2.84. The zero-order valence-corrected chi connectivity index (χ0v) is 20.8. The van der Waals surface area contributed by atoms with Crippen LogP contribution in [0.4, 0.5) is 20.2 Å². The molecule has 10 heteroatoms. The van der Waals surface area contributed by atoms with Gasteiger partial charge >= 0.3 is 0 Å². The molecule has 0 radical (unpaired) electrons. The molecule has 1 aliphatic rings. The van der Waals surface area contributed by atoms with Crippen molar-refractivity contribution in [1.29, 1.82) is 0 Å². The summed E-state index contributed by atoms with van der Waals surface area (Å²) in [5.41, 5.74) is 12.8. The van der Waals surface area contributed by atoms with Crippen LogP contribution in [-0.2, 0) is 6.42 Å². The second-order valence-corrected chi connectivity index (χ2v) is 9.53. The highest BCUT2D eigenvalue weighted by molar-refractivity contribution is 6.01. The van der Waals surface area contributed by atoms with E-state index in [0.717, 1.165) is 37.2 Å². The molecule has 5 N–H and O–H groups in total. The van der Waals surface area contributed by atoms with Crippen LogP contribution in [-0.4, -0.2) is 46.8 Å². The number of nitrogens with zero attached hydrogens (tertiary/aromatic N) is 3. The fourth-order valence-electron chi connectivity index (χ4n) is 4.46. The summed E-state index contributed by atoms with van der Waals surface area (Å²) in [5, 5.41) is 2.71. The number of ketones is 1. The predicted octanol–water partition coefficient (Wildman–Crippen LogP) is 3.50. The van der Waals surface area contributed by atoms with Crippen LogP contribution in [0.1, 0.15) is 53.1 Å². The summed E-state index contributed by atoms with van der Waals surface area (Å²) in [4.78, 5) is 36.1. The molecule has 0 aliphatic carbocycles. The largest absolute Gasteiger partial charge is 0.397 e. The lowest BCUT2D eigenvalue weighted by Crippen LogP contribution is -2.43. The van der Waals surface area contributed by atoms with Gasteiger partial charge in [-0.3, -0.25) is 14.6 Å². The first-order valence-corrected chi connectivity index (χ1v) is 12.2. The third-order valence-electron chi connectivity index (χ3n) is 6.20. The Morgan fingerprint density at radius 3 is 2.70 bits per heavy atom. The third kappa shape index (κ3) is 5.91. The van der Waals surface area contributed by atoms with Gasteiger partial charge in [-0.15, -0.1) is 0 Å². The fourth-order valence-corrected chi connectivity index (χ4v) is 4.46. The molecule has 8 nitrogen and oxygen atoms in total. The number of nitrogens with one attached hydrogen (secondary N) is 1. The maximum absolute atomic E-state index is 14.9. The van der Waals surface area contributed by atoms with Gasteiger partial charge in [-0.25, -0.2) is 13.8 Å². The van der Waals surface area contributed by atoms with Gasteiger partial charge in [0.05, 0.1) is 5.69 Å². The van der Waals surface area contributed by atoms with Crippen LogP contribution in [0.3, 0.4) is 0 Å². The van der Waals surface area contributed by atoms with Gasteiger partial charge in [-0.2, -0.15) is 0 Å². The van der Waals surface area contributed by atoms with Gasteiger partial charge in [0, 0.05) is 72.4 Å². The summed E-state index contributed by atoms with van der Waals surface area (Å²) >= 11 is 0. The lowest BCUT2D eigenvalue weighted by atomic mass is 10.0. The highest BCUT2D eigenvalue weighted by Gasteiger charge is 2.24. The van der Waals surface area contributed by atoms with Crippen LogP contribution in [0.2, 0.25) is 0 Å². The summed E-state index contributed by atoms with van der Waals surface area (Å²) in [6.07, 6.45) is 5.04.